The molecule has 3 aromatic rings. The van der Waals surface area contributed by atoms with Gasteiger partial charge in [0.2, 0.25) is 0 Å². The van der Waals surface area contributed by atoms with E-state index in [1.807, 2.05) is 55.5 Å². The van der Waals surface area contributed by atoms with Crippen molar-refractivity contribution in [1.82, 2.24) is 5.43 Å². The molecule has 2 aromatic carbocycles. The van der Waals surface area contributed by atoms with Crippen LogP contribution in [0.3, 0.4) is 0 Å². The van der Waals surface area contributed by atoms with Gasteiger partial charge in [0.15, 0.2) is 5.76 Å². The predicted octanol–water partition coefficient (Wildman–Crippen LogP) is 4.34. The van der Waals surface area contributed by atoms with Crippen molar-refractivity contribution >= 4 is 23.2 Å². The molecule has 2 amide bonds. The number of benzene rings is 2. The topological polar surface area (TPSA) is 74.9 Å². The highest BCUT2D eigenvalue weighted by molar-refractivity contribution is 6.10. The highest BCUT2D eigenvalue weighted by Gasteiger charge is 2.29. The molecule has 152 valence electrons. The molecule has 1 heterocycles. The van der Waals surface area contributed by atoms with Crippen LogP contribution in [0.5, 0.6) is 0 Å². The minimum absolute atomic E-state index is 0.208. The fraction of sp³-hybridized carbons (Fsp3) is 0.208. The number of fused-ring (bicyclic) bond motifs is 1. The standard InChI is InChI=1S/C24H23N3O3/c1-16-21-19(25-26-23(28)17-10-5-3-6-11-17)14-9-15-20(21)30-22(16)24(29)27(2)18-12-7-4-8-13-18/h3-8,10-13H,9,14-15H2,1-2H3,(H,26,28)/b25-19+. The van der Waals surface area contributed by atoms with Crippen LogP contribution in [0.4, 0.5) is 5.69 Å². The van der Waals surface area contributed by atoms with Crippen molar-refractivity contribution in [3.63, 3.8) is 0 Å². The van der Waals surface area contributed by atoms with Crippen molar-refractivity contribution < 1.29 is 14.0 Å². The third-order valence-corrected chi connectivity index (χ3v) is 5.30. The summed E-state index contributed by atoms with van der Waals surface area (Å²) in [6.45, 7) is 1.87. The number of hydrogen-bond acceptors (Lipinski definition) is 4. The Kier molecular flexibility index (Phi) is 5.48. The Labute approximate surface area is 175 Å². The van der Waals surface area contributed by atoms with E-state index >= 15 is 0 Å². The zero-order valence-electron chi connectivity index (χ0n) is 17.0. The summed E-state index contributed by atoms with van der Waals surface area (Å²) in [7, 11) is 1.73. The number of nitrogens with one attached hydrogen (secondary N) is 1. The first-order chi connectivity index (χ1) is 14.6. The monoisotopic (exact) mass is 401 g/mol. The summed E-state index contributed by atoms with van der Waals surface area (Å²) >= 11 is 0. The lowest BCUT2D eigenvalue weighted by Gasteiger charge is -2.16. The zero-order valence-corrected chi connectivity index (χ0v) is 17.0. The van der Waals surface area contributed by atoms with Gasteiger partial charge in [0.25, 0.3) is 11.8 Å². The van der Waals surface area contributed by atoms with E-state index in [1.165, 1.54) is 0 Å². The molecule has 1 aliphatic rings. The lowest BCUT2D eigenvalue weighted by atomic mass is 9.93. The first kappa shape index (κ1) is 19.6. The maximum Gasteiger partial charge on any atom is 0.294 e. The minimum Gasteiger partial charge on any atom is -0.455 e. The molecule has 0 saturated heterocycles. The van der Waals surface area contributed by atoms with Gasteiger partial charge in [-0.25, -0.2) is 5.43 Å². The molecule has 0 aliphatic heterocycles. The number of hydrazone groups is 1. The third kappa shape index (κ3) is 3.76. The van der Waals surface area contributed by atoms with Crippen LogP contribution in [0, 0.1) is 6.92 Å². The molecule has 1 N–H and O–H groups in total. The van der Waals surface area contributed by atoms with Crippen LogP contribution >= 0.6 is 0 Å². The molecule has 6 nitrogen and oxygen atoms in total. The second-order valence-corrected chi connectivity index (χ2v) is 7.27. The maximum absolute atomic E-state index is 13.1. The van der Waals surface area contributed by atoms with Crippen LogP contribution < -0.4 is 10.3 Å². The van der Waals surface area contributed by atoms with Gasteiger partial charge in [-0.1, -0.05) is 36.4 Å². The van der Waals surface area contributed by atoms with Crippen LogP contribution in [-0.2, 0) is 6.42 Å². The van der Waals surface area contributed by atoms with E-state index < -0.39 is 0 Å². The summed E-state index contributed by atoms with van der Waals surface area (Å²) in [5, 5.41) is 4.37. The van der Waals surface area contributed by atoms with Crippen molar-refractivity contribution in [2.75, 3.05) is 11.9 Å². The van der Waals surface area contributed by atoms with Crippen molar-refractivity contribution in [2.24, 2.45) is 5.10 Å². The van der Waals surface area contributed by atoms with Crippen LogP contribution in [0.25, 0.3) is 0 Å². The minimum atomic E-state index is -0.267. The quantitative estimate of drug-likeness (QED) is 0.661. The first-order valence-electron chi connectivity index (χ1n) is 9.94. The van der Waals surface area contributed by atoms with Gasteiger partial charge in [-0.3, -0.25) is 9.59 Å². The van der Waals surface area contributed by atoms with E-state index in [9.17, 15) is 9.59 Å². The van der Waals surface area contributed by atoms with Gasteiger partial charge in [0.1, 0.15) is 5.76 Å². The van der Waals surface area contributed by atoms with Gasteiger partial charge in [-0.15, -0.1) is 0 Å². The molecular weight excluding hydrogens is 378 g/mol. The van der Waals surface area contributed by atoms with Crippen LogP contribution in [-0.4, -0.2) is 24.6 Å². The van der Waals surface area contributed by atoms with E-state index in [-0.39, 0.29) is 11.8 Å². The molecule has 0 fully saturated rings. The largest absolute Gasteiger partial charge is 0.455 e. The van der Waals surface area contributed by atoms with Crippen molar-refractivity contribution in [2.45, 2.75) is 26.2 Å². The fourth-order valence-corrected chi connectivity index (χ4v) is 3.68. The Morgan fingerprint density at radius 3 is 2.37 bits per heavy atom. The van der Waals surface area contributed by atoms with Gasteiger partial charge in [-0.2, -0.15) is 5.10 Å². The Balaban J connectivity index is 1.61. The summed E-state index contributed by atoms with van der Waals surface area (Å²) < 4.78 is 5.98. The Bertz CT molecular complexity index is 1100. The molecule has 1 aliphatic carbocycles. The number of para-hydroxylation sites is 1. The van der Waals surface area contributed by atoms with Gasteiger partial charge in [0, 0.05) is 35.8 Å². The lowest BCUT2D eigenvalue weighted by Crippen LogP contribution is -2.26. The average molecular weight is 401 g/mol. The number of rotatable bonds is 4. The van der Waals surface area contributed by atoms with E-state index in [1.54, 1.807) is 24.1 Å². The summed E-state index contributed by atoms with van der Waals surface area (Å²) in [6, 6.07) is 18.4. The van der Waals surface area contributed by atoms with E-state index in [2.05, 4.69) is 10.5 Å². The molecule has 6 heteroatoms. The SMILES string of the molecule is Cc1c(C(=O)N(C)c2ccccc2)oc2c1/C(=N/NC(=O)c1ccccc1)CCC2. The number of aryl methyl sites for hydroxylation is 1. The van der Waals surface area contributed by atoms with E-state index in [0.29, 0.717) is 17.7 Å². The second-order valence-electron chi connectivity index (χ2n) is 7.27. The van der Waals surface area contributed by atoms with E-state index in [0.717, 1.165) is 41.1 Å². The molecule has 0 unspecified atom stereocenters. The number of amides is 2. The van der Waals surface area contributed by atoms with Gasteiger partial charge in [0.05, 0.1) is 5.71 Å². The summed E-state index contributed by atoms with van der Waals surface area (Å²) in [5.41, 5.74) is 6.30. The molecular formula is C24H23N3O3. The van der Waals surface area contributed by atoms with Crippen molar-refractivity contribution in [3.8, 4) is 0 Å². The second kappa shape index (κ2) is 8.37. The highest BCUT2D eigenvalue weighted by Crippen LogP contribution is 2.31. The molecule has 30 heavy (non-hydrogen) atoms. The highest BCUT2D eigenvalue weighted by atomic mass is 16.4. The maximum atomic E-state index is 13.1. The number of anilines is 1. The van der Waals surface area contributed by atoms with Crippen molar-refractivity contribution in [1.29, 1.82) is 0 Å². The number of nitrogens with zero attached hydrogens (tertiary/aromatic N) is 2. The number of furan rings is 1. The van der Waals surface area contributed by atoms with Gasteiger partial charge in [-0.05, 0) is 44.0 Å². The molecule has 0 bridgehead atoms. The van der Waals surface area contributed by atoms with Crippen LogP contribution in [0.1, 0.15) is 50.6 Å². The van der Waals surface area contributed by atoms with Crippen molar-refractivity contribution in [3.05, 3.63) is 88.9 Å². The molecule has 0 spiro atoms. The van der Waals surface area contributed by atoms with Gasteiger partial charge < -0.3 is 9.32 Å². The number of carbonyl (C=O) groups is 2. The first-order valence-corrected chi connectivity index (χ1v) is 9.94. The molecule has 0 radical (unpaired) electrons. The normalized spacial score (nSPS) is 14.3. The Morgan fingerprint density at radius 1 is 1.00 bits per heavy atom. The number of carbonyl (C=O) groups excluding carboxylic acids is 2. The van der Waals surface area contributed by atoms with E-state index in [4.69, 9.17) is 4.42 Å². The Hall–Kier alpha value is -3.67. The third-order valence-electron chi connectivity index (χ3n) is 5.30. The van der Waals surface area contributed by atoms with Crippen LogP contribution in [0.2, 0.25) is 0 Å². The fourth-order valence-electron chi connectivity index (χ4n) is 3.68. The number of hydrogen-bond donors (Lipinski definition) is 1. The lowest BCUT2D eigenvalue weighted by molar-refractivity contribution is 0.0951. The molecule has 0 saturated carbocycles. The smallest absolute Gasteiger partial charge is 0.294 e. The predicted molar refractivity (Wildman–Crippen MR) is 116 cm³/mol. The molecule has 4 rings (SSSR count). The molecule has 0 atom stereocenters. The Morgan fingerprint density at radius 2 is 1.67 bits per heavy atom. The summed E-state index contributed by atoms with van der Waals surface area (Å²) in [5.74, 6) is 0.587. The summed E-state index contributed by atoms with van der Waals surface area (Å²) in [6.07, 6.45) is 2.30. The zero-order chi connectivity index (χ0) is 21.1. The summed E-state index contributed by atoms with van der Waals surface area (Å²) in [4.78, 5) is 27.0. The average Bonchev–Trinajstić information content (AvgIpc) is 3.14. The molecule has 1 aromatic heterocycles. The van der Waals surface area contributed by atoms with Crippen LogP contribution in [0.15, 0.2) is 70.2 Å². The van der Waals surface area contributed by atoms with Gasteiger partial charge >= 0.3 is 0 Å².